The molecule has 0 aromatic heterocycles. The lowest BCUT2D eigenvalue weighted by molar-refractivity contribution is 0.342. The van der Waals surface area contributed by atoms with Crippen molar-refractivity contribution < 1.29 is 9.22 Å². The first-order valence-corrected chi connectivity index (χ1v) is 5.34. The minimum absolute atomic E-state index is 0.655. The van der Waals surface area contributed by atoms with Gasteiger partial charge in [0, 0.05) is 6.61 Å². The highest BCUT2D eigenvalue weighted by Crippen LogP contribution is 1.98. The second kappa shape index (κ2) is 6.67. The van der Waals surface area contributed by atoms with Crippen LogP contribution in [0.4, 0.5) is 0 Å². The minimum Gasteiger partial charge on any atom is -0.400 e. The summed E-state index contributed by atoms with van der Waals surface area (Å²) in [6.45, 7) is 4.62. The molecule has 0 aromatic rings. The van der Waals surface area contributed by atoms with Gasteiger partial charge in [0.1, 0.15) is 0 Å². The lowest BCUT2D eigenvalue weighted by atomic mass is 10.6. The van der Waals surface area contributed by atoms with Gasteiger partial charge < -0.3 is 4.43 Å². The van der Waals surface area contributed by atoms with E-state index in [1.807, 2.05) is 6.92 Å². The summed E-state index contributed by atoms with van der Waals surface area (Å²) in [5.74, 6) is 0. The molecule has 0 radical (unpaired) electrons. The van der Waals surface area contributed by atoms with Crippen LogP contribution in [0.2, 0.25) is 6.04 Å². The highest BCUT2D eigenvalue weighted by Gasteiger charge is 2.06. The fourth-order valence-electron chi connectivity index (χ4n) is 0.683. The summed E-state index contributed by atoms with van der Waals surface area (Å²) in [5, 5.41) is 0. The van der Waals surface area contributed by atoms with Crippen molar-refractivity contribution in [1.82, 2.24) is 0 Å². The van der Waals surface area contributed by atoms with Gasteiger partial charge >= 0.3 is 9.20 Å². The van der Waals surface area contributed by atoms with Crippen LogP contribution in [0.25, 0.3) is 0 Å². The zero-order valence-electron chi connectivity index (χ0n) is 6.46. The first-order chi connectivity index (χ1) is 4.85. The summed E-state index contributed by atoms with van der Waals surface area (Å²) in [5.41, 5.74) is 0. The Labute approximate surface area is 62.9 Å². The van der Waals surface area contributed by atoms with E-state index in [-0.39, 0.29) is 0 Å². The molecule has 0 aliphatic rings. The van der Waals surface area contributed by atoms with Gasteiger partial charge in [0.2, 0.25) is 6.08 Å². The second-order valence-electron chi connectivity index (χ2n) is 1.92. The molecule has 1 unspecified atom stereocenters. The third-order valence-electron chi connectivity index (χ3n) is 1.09. The van der Waals surface area contributed by atoms with Crippen molar-refractivity contribution >= 4 is 15.3 Å². The number of nitrogens with zero attached hydrogens (tertiary/aromatic N) is 1. The molecule has 0 amide bonds. The lowest BCUT2D eigenvalue weighted by Crippen LogP contribution is -2.14. The van der Waals surface area contributed by atoms with E-state index < -0.39 is 9.20 Å². The Balaban J connectivity index is 3.60. The molecule has 0 heterocycles. The average Bonchev–Trinajstić information content (AvgIpc) is 1.90. The van der Waals surface area contributed by atoms with E-state index in [9.17, 15) is 4.79 Å². The van der Waals surface area contributed by atoms with Crippen molar-refractivity contribution in [2.24, 2.45) is 4.66 Å². The van der Waals surface area contributed by atoms with Crippen LogP contribution in [-0.4, -0.2) is 21.9 Å². The first-order valence-electron chi connectivity index (χ1n) is 3.53. The van der Waals surface area contributed by atoms with Gasteiger partial charge in [0.15, 0.2) is 0 Å². The maximum absolute atomic E-state index is 9.83. The number of carbonyl (C=O) groups excluding carboxylic acids is 1. The molecule has 0 saturated carbocycles. The van der Waals surface area contributed by atoms with E-state index in [2.05, 4.69) is 11.6 Å². The molecule has 0 rings (SSSR count). The Morgan fingerprint density at radius 3 is 2.70 bits per heavy atom. The van der Waals surface area contributed by atoms with Gasteiger partial charge in [-0.3, -0.25) is 0 Å². The molecule has 58 valence electrons. The molecule has 1 atom stereocenters. The molecule has 0 aromatic carbocycles. The molecule has 0 bridgehead atoms. The number of rotatable bonds is 5. The molecule has 0 saturated heterocycles. The van der Waals surface area contributed by atoms with Crippen LogP contribution in [0.1, 0.15) is 20.3 Å². The third-order valence-corrected chi connectivity index (χ3v) is 3.27. The largest absolute Gasteiger partial charge is 0.400 e. The van der Waals surface area contributed by atoms with E-state index in [4.69, 9.17) is 4.43 Å². The molecule has 0 fully saturated rings. The summed E-state index contributed by atoms with van der Waals surface area (Å²) < 4.78 is 8.85. The number of hydrogen-bond donors (Lipinski definition) is 0. The SMILES string of the molecule is CCC[SiH](N=C=O)OCC. The van der Waals surface area contributed by atoms with Crippen molar-refractivity contribution in [1.29, 1.82) is 0 Å². The predicted molar refractivity (Wildman–Crippen MR) is 42.0 cm³/mol. The first kappa shape index (κ1) is 9.56. The van der Waals surface area contributed by atoms with Crippen LogP contribution in [0.5, 0.6) is 0 Å². The molecule has 0 aliphatic heterocycles. The second-order valence-corrected chi connectivity index (χ2v) is 4.00. The van der Waals surface area contributed by atoms with E-state index in [0.717, 1.165) is 12.5 Å². The smallest absolute Gasteiger partial charge is 0.317 e. The summed E-state index contributed by atoms with van der Waals surface area (Å²) in [7, 11) is -1.53. The van der Waals surface area contributed by atoms with Crippen LogP contribution in [-0.2, 0) is 9.22 Å². The lowest BCUT2D eigenvalue weighted by Gasteiger charge is -2.04. The van der Waals surface area contributed by atoms with Gasteiger partial charge in [0.25, 0.3) is 0 Å². The highest BCUT2D eigenvalue weighted by atomic mass is 28.3. The fourth-order valence-corrected chi connectivity index (χ4v) is 2.05. The van der Waals surface area contributed by atoms with Crippen LogP contribution in [0.3, 0.4) is 0 Å². The Bertz CT molecular complexity index is 117. The van der Waals surface area contributed by atoms with E-state index >= 15 is 0 Å². The average molecular weight is 159 g/mol. The molecule has 10 heavy (non-hydrogen) atoms. The van der Waals surface area contributed by atoms with Crippen molar-refractivity contribution in [2.45, 2.75) is 26.3 Å². The number of isocyanates is 1. The van der Waals surface area contributed by atoms with Crippen molar-refractivity contribution in [3.63, 3.8) is 0 Å². The van der Waals surface area contributed by atoms with Crippen LogP contribution in [0.15, 0.2) is 4.66 Å². The third kappa shape index (κ3) is 4.44. The normalized spacial score (nSPS) is 12.2. The van der Waals surface area contributed by atoms with E-state index in [1.54, 1.807) is 6.08 Å². The molecule has 0 aliphatic carbocycles. The Hall–Kier alpha value is -0.443. The topological polar surface area (TPSA) is 38.7 Å². The van der Waals surface area contributed by atoms with Gasteiger partial charge in [0.05, 0.1) is 0 Å². The quantitative estimate of drug-likeness (QED) is 0.341. The molecule has 0 spiro atoms. The zero-order chi connectivity index (χ0) is 7.82. The van der Waals surface area contributed by atoms with E-state index in [0.29, 0.717) is 6.61 Å². The summed E-state index contributed by atoms with van der Waals surface area (Å²) >= 11 is 0. The Morgan fingerprint density at radius 2 is 2.30 bits per heavy atom. The predicted octanol–water partition coefficient (Wildman–Crippen LogP) is 0.989. The fraction of sp³-hybridized carbons (Fsp3) is 0.833. The van der Waals surface area contributed by atoms with Gasteiger partial charge in [-0.15, -0.1) is 0 Å². The van der Waals surface area contributed by atoms with Gasteiger partial charge in [-0.25, -0.2) is 9.45 Å². The molecule has 4 heteroatoms. The summed E-state index contributed by atoms with van der Waals surface area (Å²) in [6.07, 6.45) is 2.58. The highest BCUT2D eigenvalue weighted by molar-refractivity contribution is 6.50. The Morgan fingerprint density at radius 1 is 1.60 bits per heavy atom. The van der Waals surface area contributed by atoms with Gasteiger partial charge in [-0.1, -0.05) is 13.3 Å². The van der Waals surface area contributed by atoms with Crippen molar-refractivity contribution in [3.05, 3.63) is 0 Å². The number of hydrogen-bond acceptors (Lipinski definition) is 3. The van der Waals surface area contributed by atoms with Crippen LogP contribution >= 0.6 is 0 Å². The monoisotopic (exact) mass is 159 g/mol. The summed E-state index contributed by atoms with van der Waals surface area (Å²) in [6, 6.07) is 0.934. The molecular weight excluding hydrogens is 146 g/mol. The Kier molecular flexibility index (Phi) is 6.38. The molecule has 3 nitrogen and oxygen atoms in total. The maximum atomic E-state index is 9.83. The van der Waals surface area contributed by atoms with Crippen LogP contribution < -0.4 is 0 Å². The van der Waals surface area contributed by atoms with Gasteiger partial charge in [-0.2, -0.15) is 0 Å². The van der Waals surface area contributed by atoms with Crippen LogP contribution in [0, 0.1) is 0 Å². The molecular formula is C6H13NO2Si. The maximum Gasteiger partial charge on any atom is 0.317 e. The van der Waals surface area contributed by atoms with E-state index in [1.165, 1.54) is 0 Å². The van der Waals surface area contributed by atoms with Crippen molar-refractivity contribution in [3.8, 4) is 0 Å². The van der Waals surface area contributed by atoms with Crippen molar-refractivity contribution in [2.75, 3.05) is 6.61 Å². The summed E-state index contributed by atoms with van der Waals surface area (Å²) in [4.78, 5) is 9.83. The molecule has 0 N–H and O–H groups in total. The standard InChI is InChI=1S/C6H13NO2Si/c1-3-5-10(7-6-8)9-4-2/h10H,3-5H2,1-2H3. The van der Waals surface area contributed by atoms with Gasteiger partial charge in [-0.05, 0) is 13.0 Å². The zero-order valence-corrected chi connectivity index (χ0v) is 7.62. The minimum atomic E-state index is -1.53.